The van der Waals surface area contributed by atoms with Gasteiger partial charge < -0.3 is 20.4 Å². The van der Waals surface area contributed by atoms with E-state index in [2.05, 4.69) is 5.32 Å². The lowest BCUT2D eigenvalue weighted by molar-refractivity contribution is -0.141. The number of urea groups is 1. The molecule has 0 spiro atoms. The summed E-state index contributed by atoms with van der Waals surface area (Å²) >= 11 is 0. The van der Waals surface area contributed by atoms with Gasteiger partial charge in [0.2, 0.25) is 0 Å². The number of hydrogen-bond acceptors (Lipinski definition) is 3. The van der Waals surface area contributed by atoms with Crippen molar-refractivity contribution in [3.05, 3.63) is 0 Å². The van der Waals surface area contributed by atoms with Crippen LogP contribution in [0.4, 0.5) is 4.79 Å². The van der Waals surface area contributed by atoms with Gasteiger partial charge in [-0.05, 0) is 25.2 Å². The molecule has 0 bridgehead atoms. The molecule has 3 N–H and O–H groups in total. The first kappa shape index (κ1) is 15.8. The molecule has 2 amide bonds. The number of nitrogens with zero attached hydrogens (tertiary/aromatic N) is 1. The highest BCUT2D eigenvalue weighted by Gasteiger charge is 2.26. The number of β-amino-alcohol motifs (C(OH)–C–C–N with tert-alkyl or cyclic N) is 1. The number of aliphatic carboxylic acids is 1. The fourth-order valence-electron chi connectivity index (χ4n) is 2.07. The van der Waals surface area contributed by atoms with Crippen molar-refractivity contribution in [2.75, 3.05) is 19.6 Å². The van der Waals surface area contributed by atoms with Crippen LogP contribution in [0.3, 0.4) is 0 Å². The number of carbonyl (C=O) groups is 2. The molecule has 0 aliphatic carbocycles. The Morgan fingerprint density at radius 3 is 2.74 bits per heavy atom. The third kappa shape index (κ3) is 5.06. The molecule has 6 heteroatoms. The number of piperidine rings is 1. The molecule has 0 radical (unpaired) electrons. The second-order valence-corrected chi connectivity index (χ2v) is 5.39. The Bertz CT molecular complexity index is 322. The van der Waals surface area contributed by atoms with Gasteiger partial charge in [0.05, 0.1) is 12.0 Å². The molecule has 1 aliphatic heterocycles. The summed E-state index contributed by atoms with van der Waals surface area (Å²) in [5.41, 5.74) is 0. The maximum atomic E-state index is 11.8. The summed E-state index contributed by atoms with van der Waals surface area (Å²) in [6, 6.07) is -0.172. The maximum absolute atomic E-state index is 11.8. The number of nitrogens with one attached hydrogen (secondary N) is 1. The second kappa shape index (κ2) is 7.33. The first-order valence-electron chi connectivity index (χ1n) is 6.85. The van der Waals surface area contributed by atoms with Crippen LogP contribution in [0.5, 0.6) is 0 Å². The average Bonchev–Trinajstić information content (AvgIpc) is 2.37. The Hall–Kier alpha value is -1.30. The van der Waals surface area contributed by atoms with Gasteiger partial charge in [0.1, 0.15) is 0 Å². The second-order valence-electron chi connectivity index (χ2n) is 5.39. The zero-order chi connectivity index (χ0) is 14.4. The lowest BCUT2D eigenvalue weighted by atomic mass is 9.96. The van der Waals surface area contributed by atoms with Crippen LogP contribution in [0.2, 0.25) is 0 Å². The van der Waals surface area contributed by atoms with Crippen LogP contribution in [-0.2, 0) is 4.79 Å². The van der Waals surface area contributed by atoms with Gasteiger partial charge in [-0.1, -0.05) is 13.8 Å². The first-order chi connectivity index (χ1) is 8.91. The Kier molecular flexibility index (Phi) is 6.08. The number of aliphatic hydroxyl groups is 1. The van der Waals surface area contributed by atoms with E-state index in [4.69, 9.17) is 5.11 Å². The Labute approximate surface area is 113 Å². The first-order valence-corrected chi connectivity index (χ1v) is 6.85. The van der Waals surface area contributed by atoms with Crippen molar-refractivity contribution in [3.8, 4) is 0 Å². The van der Waals surface area contributed by atoms with Crippen LogP contribution < -0.4 is 5.32 Å². The Morgan fingerprint density at radius 2 is 2.16 bits per heavy atom. The highest BCUT2D eigenvalue weighted by atomic mass is 16.4. The smallest absolute Gasteiger partial charge is 0.317 e. The largest absolute Gasteiger partial charge is 0.481 e. The van der Waals surface area contributed by atoms with Gasteiger partial charge in [0.25, 0.3) is 0 Å². The van der Waals surface area contributed by atoms with E-state index in [0.29, 0.717) is 32.5 Å². The Balaban J connectivity index is 2.19. The van der Waals surface area contributed by atoms with Crippen LogP contribution >= 0.6 is 0 Å². The molecular weight excluding hydrogens is 248 g/mol. The van der Waals surface area contributed by atoms with Crippen molar-refractivity contribution in [3.63, 3.8) is 0 Å². The van der Waals surface area contributed by atoms with Crippen LogP contribution in [0, 0.1) is 11.8 Å². The van der Waals surface area contributed by atoms with Gasteiger partial charge in [0.15, 0.2) is 0 Å². The molecule has 0 aromatic rings. The number of likely N-dealkylation sites (tertiary alicyclic amines) is 1. The summed E-state index contributed by atoms with van der Waals surface area (Å²) in [5.74, 6) is -0.950. The highest BCUT2D eigenvalue weighted by Crippen LogP contribution is 2.16. The van der Waals surface area contributed by atoms with Crippen LogP contribution in [-0.4, -0.2) is 52.9 Å². The lowest BCUT2D eigenvalue weighted by Crippen LogP contribution is -2.49. The van der Waals surface area contributed by atoms with Gasteiger partial charge in [-0.3, -0.25) is 4.79 Å². The van der Waals surface area contributed by atoms with E-state index in [1.807, 2.05) is 6.92 Å². The van der Waals surface area contributed by atoms with Crippen molar-refractivity contribution in [2.24, 2.45) is 11.8 Å². The third-order valence-corrected chi connectivity index (χ3v) is 3.72. The number of hydrogen-bond donors (Lipinski definition) is 3. The lowest BCUT2D eigenvalue weighted by Gasteiger charge is -2.34. The summed E-state index contributed by atoms with van der Waals surface area (Å²) in [5, 5.41) is 21.2. The standard InChI is InChI=1S/C13H24N2O4/c1-9-5-7-15(8-11(9)16)13(19)14-6-3-4-10(2)12(17)18/h9-11,16H,3-8H2,1-2H3,(H,14,19)(H,17,18). The van der Waals surface area contributed by atoms with Crippen LogP contribution in [0.15, 0.2) is 0 Å². The number of aliphatic hydroxyl groups excluding tert-OH is 1. The molecule has 1 heterocycles. The summed E-state index contributed by atoms with van der Waals surface area (Å²) in [6.07, 6.45) is 1.55. The number of carboxylic acids is 1. The van der Waals surface area contributed by atoms with Crippen LogP contribution in [0.1, 0.15) is 33.1 Å². The van der Waals surface area contributed by atoms with E-state index in [0.717, 1.165) is 6.42 Å². The molecular formula is C13H24N2O4. The minimum Gasteiger partial charge on any atom is -0.481 e. The van der Waals surface area contributed by atoms with E-state index >= 15 is 0 Å². The summed E-state index contributed by atoms with van der Waals surface area (Å²) < 4.78 is 0. The van der Waals surface area contributed by atoms with Crippen molar-refractivity contribution in [2.45, 2.75) is 39.2 Å². The van der Waals surface area contributed by atoms with Gasteiger partial charge in [-0.2, -0.15) is 0 Å². The molecule has 1 aliphatic rings. The maximum Gasteiger partial charge on any atom is 0.317 e. The van der Waals surface area contributed by atoms with Gasteiger partial charge >= 0.3 is 12.0 Å². The van der Waals surface area contributed by atoms with Crippen molar-refractivity contribution >= 4 is 12.0 Å². The zero-order valence-electron chi connectivity index (χ0n) is 11.6. The number of carboxylic acid groups (broad SMARTS) is 1. The zero-order valence-corrected chi connectivity index (χ0v) is 11.6. The third-order valence-electron chi connectivity index (χ3n) is 3.72. The minimum absolute atomic E-state index is 0.172. The van der Waals surface area contributed by atoms with E-state index in [-0.39, 0.29) is 17.9 Å². The van der Waals surface area contributed by atoms with Crippen molar-refractivity contribution in [1.82, 2.24) is 10.2 Å². The van der Waals surface area contributed by atoms with E-state index < -0.39 is 12.1 Å². The van der Waals surface area contributed by atoms with Gasteiger partial charge in [-0.15, -0.1) is 0 Å². The number of amides is 2. The normalized spacial score (nSPS) is 24.9. The number of carbonyl (C=O) groups excluding carboxylic acids is 1. The topological polar surface area (TPSA) is 89.9 Å². The molecule has 1 saturated heterocycles. The van der Waals surface area contributed by atoms with Gasteiger partial charge in [-0.25, -0.2) is 4.79 Å². The fourth-order valence-corrected chi connectivity index (χ4v) is 2.07. The predicted octanol–water partition coefficient (Wildman–Crippen LogP) is 0.900. The molecule has 6 nitrogen and oxygen atoms in total. The minimum atomic E-state index is -0.806. The molecule has 3 unspecified atom stereocenters. The molecule has 0 saturated carbocycles. The van der Waals surface area contributed by atoms with Crippen molar-refractivity contribution < 1.29 is 19.8 Å². The fraction of sp³-hybridized carbons (Fsp3) is 0.846. The Morgan fingerprint density at radius 1 is 1.47 bits per heavy atom. The predicted molar refractivity (Wildman–Crippen MR) is 70.8 cm³/mol. The monoisotopic (exact) mass is 272 g/mol. The van der Waals surface area contributed by atoms with E-state index in [9.17, 15) is 14.7 Å². The van der Waals surface area contributed by atoms with E-state index in [1.54, 1.807) is 11.8 Å². The quantitative estimate of drug-likeness (QED) is 0.649. The molecule has 19 heavy (non-hydrogen) atoms. The summed E-state index contributed by atoms with van der Waals surface area (Å²) in [4.78, 5) is 24.1. The molecule has 110 valence electrons. The van der Waals surface area contributed by atoms with Gasteiger partial charge in [0, 0.05) is 19.6 Å². The molecule has 3 atom stereocenters. The van der Waals surface area contributed by atoms with E-state index in [1.165, 1.54) is 0 Å². The molecule has 1 fully saturated rings. The molecule has 0 aromatic heterocycles. The van der Waals surface area contributed by atoms with Crippen molar-refractivity contribution in [1.29, 1.82) is 0 Å². The average molecular weight is 272 g/mol. The summed E-state index contributed by atoms with van der Waals surface area (Å²) in [7, 11) is 0. The molecule has 1 rings (SSSR count). The number of rotatable bonds is 5. The summed E-state index contributed by atoms with van der Waals surface area (Å²) in [6.45, 7) is 5.15. The molecule has 0 aromatic carbocycles. The SMILES string of the molecule is CC(CCCNC(=O)N1CCC(C)C(O)C1)C(=O)O. The highest BCUT2D eigenvalue weighted by molar-refractivity contribution is 5.74. The van der Waals surface area contributed by atoms with Crippen LogP contribution in [0.25, 0.3) is 0 Å².